The van der Waals surface area contributed by atoms with Crippen molar-refractivity contribution in [3.63, 3.8) is 0 Å². The van der Waals surface area contributed by atoms with Crippen LogP contribution in [0.4, 0.5) is 10.1 Å². The zero-order chi connectivity index (χ0) is 25.9. The van der Waals surface area contributed by atoms with Gasteiger partial charge in [0.2, 0.25) is 5.91 Å². The number of thioether (sulfide) groups is 1. The Bertz CT molecular complexity index is 1420. The fraction of sp³-hybridized carbons (Fsp3) is 0.222. The number of carbonyl (C=O) groups is 1. The normalized spacial score (nSPS) is 13.7. The van der Waals surface area contributed by atoms with Crippen molar-refractivity contribution in [2.45, 2.75) is 12.1 Å². The lowest BCUT2D eigenvalue weighted by Gasteiger charge is -2.36. The number of aromatic nitrogens is 3. The molecule has 1 aromatic heterocycles. The molecule has 0 radical (unpaired) electrons. The summed E-state index contributed by atoms with van der Waals surface area (Å²) in [5, 5.41) is 10.3. The predicted octanol–water partition coefficient (Wildman–Crippen LogP) is 6.13. The first-order chi connectivity index (χ1) is 17.9. The molecule has 190 valence electrons. The van der Waals surface area contributed by atoms with Gasteiger partial charge in [0.05, 0.1) is 27.2 Å². The van der Waals surface area contributed by atoms with E-state index in [9.17, 15) is 9.18 Å². The minimum Gasteiger partial charge on any atom is -0.366 e. The molecule has 0 unspecified atom stereocenters. The van der Waals surface area contributed by atoms with Crippen molar-refractivity contribution < 1.29 is 9.18 Å². The van der Waals surface area contributed by atoms with Crippen LogP contribution in [0.2, 0.25) is 10.0 Å². The first-order valence-electron chi connectivity index (χ1n) is 11.8. The van der Waals surface area contributed by atoms with Gasteiger partial charge in [-0.25, -0.2) is 4.39 Å². The maximum Gasteiger partial charge on any atom is 0.233 e. The zero-order valence-electron chi connectivity index (χ0n) is 20.1. The van der Waals surface area contributed by atoms with Crippen LogP contribution >= 0.6 is 35.0 Å². The van der Waals surface area contributed by atoms with Crippen molar-refractivity contribution in [1.29, 1.82) is 0 Å². The Balaban J connectivity index is 1.32. The first-order valence-corrected chi connectivity index (χ1v) is 13.5. The van der Waals surface area contributed by atoms with Crippen LogP contribution < -0.4 is 4.90 Å². The number of aryl methyl sites for hydroxylation is 1. The third-order valence-electron chi connectivity index (χ3n) is 6.25. The summed E-state index contributed by atoms with van der Waals surface area (Å²) in [4.78, 5) is 16.8. The summed E-state index contributed by atoms with van der Waals surface area (Å²) in [6.07, 6.45) is 0. The summed E-state index contributed by atoms with van der Waals surface area (Å²) in [6, 6.07) is 20.1. The molecule has 1 aliphatic heterocycles. The molecule has 6 nitrogen and oxygen atoms in total. The molecule has 1 fully saturated rings. The highest BCUT2D eigenvalue weighted by Crippen LogP contribution is 2.32. The van der Waals surface area contributed by atoms with Crippen LogP contribution in [0.1, 0.15) is 5.56 Å². The number of anilines is 1. The third kappa shape index (κ3) is 5.61. The van der Waals surface area contributed by atoms with Crippen molar-refractivity contribution in [2.24, 2.45) is 0 Å². The van der Waals surface area contributed by atoms with Gasteiger partial charge in [0.1, 0.15) is 5.82 Å². The molecule has 0 aliphatic carbocycles. The molecule has 4 aromatic rings. The van der Waals surface area contributed by atoms with Crippen LogP contribution in [-0.4, -0.2) is 57.5 Å². The smallest absolute Gasteiger partial charge is 0.233 e. The third-order valence-corrected chi connectivity index (χ3v) is 7.91. The maximum atomic E-state index is 14.2. The van der Waals surface area contributed by atoms with Gasteiger partial charge in [-0.2, -0.15) is 0 Å². The second-order valence-electron chi connectivity index (χ2n) is 8.71. The average Bonchev–Trinajstić information content (AvgIpc) is 3.33. The summed E-state index contributed by atoms with van der Waals surface area (Å²) < 4.78 is 16.0. The fourth-order valence-corrected chi connectivity index (χ4v) is 5.38. The van der Waals surface area contributed by atoms with Crippen molar-refractivity contribution >= 4 is 46.6 Å². The zero-order valence-corrected chi connectivity index (χ0v) is 22.4. The average molecular weight is 556 g/mol. The van der Waals surface area contributed by atoms with Crippen LogP contribution in [-0.2, 0) is 4.79 Å². The summed E-state index contributed by atoms with van der Waals surface area (Å²) in [5.41, 5.74) is 3.36. The van der Waals surface area contributed by atoms with Gasteiger partial charge in [0.15, 0.2) is 11.0 Å². The molecule has 10 heteroatoms. The number of hydrogen-bond donors (Lipinski definition) is 0. The molecule has 0 saturated carbocycles. The molecule has 0 bridgehead atoms. The molecule has 0 spiro atoms. The van der Waals surface area contributed by atoms with E-state index >= 15 is 0 Å². The summed E-state index contributed by atoms with van der Waals surface area (Å²) in [5.74, 6) is 0.599. The van der Waals surface area contributed by atoms with Crippen molar-refractivity contribution in [3.05, 3.63) is 88.2 Å². The van der Waals surface area contributed by atoms with E-state index in [1.165, 1.54) is 17.8 Å². The quantitative estimate of drug-likeness (QED) is 0.268. The number of amides is 1. The van der Waals surface area contributed by atoms with Gasteiger partial charge in [0, 0.05) is 31.7 Å². The molecule has 0 N–H and O–H groups in total. The number of para-hydroxylation sites is 1. The largest absolute Gasteiger partial charge is 0.366 e. The number of carbonyl (C=O) groups excluding carboxylic acids is 1. The Kier molecular flexibility index (Phi) is 7.69. The predicted molar refractivity (Wildman–Crippen MR) is 147 cm³/mol. The van der Waals surface area contributed by atoms with Gasteiger partial charge in [0.25, 0.3) is 0 Å². The van der Waals surface area contributed by atoms with Crippen molar-refractivity contribution in [1.82, 2.24) is 19.7 Å². The highest BCUT2D eigenvalue weighted by Gasteiger charge is 2.24. The van der Waals surface area contributed by atoms with Gasteiger partial charge >= 0.3 is 0 Å². The minimum absolute atomic E-state index is 0.00115. The maximum absolute atomic E-state index is 14.2. The Hall–Kier alpha value is -3.07. The van der Waals surface area contributed by atoms with Crippen LogP contribution in [0.5, 0.6) is 0 Å². The van der Waals surface area contributed by atoms with Crippen LogP contribution in [0.15, 0.2) is 71.9 Å². The second kappa shape index (κ2) is 11.1. The van der Waals surface area contributed by atoms with E-state index in [1.54, 1.807) is 24.3 Å². The summed E-state index contributed by atoms with van der Waals surface area (Å²) >= 11 is 13.8. The molecule has 1 amide bonds. The highest BCUT2D eigenvalue weighted by atomic mass is 35.5. The SMILES string of the molecule is Cc1ccc(-c2nnc(SCC(=O)N3CCN(c4ccccc4F)CC3)n2-c2ccc(Cl)c(Cl)c2)cc1. The number of piperazine rings is 1. The molecule has 0 atom stereocenters. The second-order valence-corrected chi connectivity index (χ2v) is 10.5. The lowest BCUT2D eigenvalue weighted by atomic mass is 10.1. The van der Waals surface area contributed by atoms with Gasteiger partial charge in [-0.3, -0.25) is 9.36 Å². The Labute approximate surface area is 229 Å². The number of nitrogens with zero attached hydrogens (tertiary/aromatic N) is 5. The Morgan fingerprint density at radius 3 is 2.38 bits per heavy atom. The standard InChI is InChI=1S/C27H24Cl2FN5OS/c1-18-6-8-19(9-7-18)26-31-32-27(35(26)20-10-11-21(28)22(29)16-20)37-17-25(36)34-14-12-33(13-15-34)24-5-3-2-4-23(24)30/h2-11,16H,12-15,17H2,1H3. The van der Waals surface area contributed by atoms with Crippen LogP contribution in [0, 0.1) is 12.7 Å². The lowest BCUT2D eigenvalue weighted by molar-refractivity contribution is -0.128. The first kappa shape index (κ1) is 25.6. The van der Waals surface area contributed by atoms with E-state index in [4.69, 9.17) is 23.2 Å². The van der Waals surface area contributed by atoms with Crippen LogP contribution in [0.25, 0.3) is 17.1 Å². The molecule has 3 aromatic carbocycles. The van der Waals surface area contributed by atoms with Gasteiger partial charge in [-0.15, -0.1) is 10.2 Å². The molecule has 2 heterocycles. The van der Waals surface area contributed by atoms with E-state index in [0.717, 1.165) is 16.8 Å². The molecule has 37 heavy (non-hydrogen) atoms. The lowest BCUT2D eigenvalue weighted by Crippen LogP contribution is -2.49. The van der Waals surface area contributed by atoms with E-state index in [0.29, 0.717) is 52.9 Å². The fourth-order valence-electron chi connectivity index (χ4n) is 4.23. The molecule has 5 rings (SSSR count). The number of hydrogen-bond acceptors (Lipinski definition) is 5. The molecule has 1 aliphatic rings. The van der Waals surface area contributed by atoms with Gasteiger partial charge in [-0.1, -0.05) is 76.9 Å². The van der Waals surface area contributed by atoms with E-state index in [-0.39, 0.29) is 17.5 Å². The van der Waals surface area contributed by atoms with Crippen molar-refractivity contribution in [2.75, 3.05) is 36.8 Å². The molecular formula is C27H24Cl2FN5OS. The van der Waals surface area contributed by atoms with Gasteiger partial charge in [-0.05, 0) is 37.3 Å². The van der Waals surface area contributed by atoms with Crippen molar-refractivity contribution in [3.8, 4) is 17.1 Å². The number of halogens is 3. The number of rotatable bonds is 6. The highest BCUT2D eigenvalue weighted by molar-refractivity contribution is 7.99. The monoisotopic (exact) mass is 555 g/mol. The molecule has 1 saturated heterocycles. The van der Waals surface area contributed by atoms with E-state index in [1.807, 2.05) is 57.7 Å². The Morgan fingerprint density at radius 1 is 0.946 bits per heavy atom. The van der Waals surface area contributed by atoms with E-state index < -0.39 is 0 Å². The Morgan fingerprint density at radius 2 is 1.68 bits per heavy atom. The topological polar surface area (TPSA) is 54.3 Å². The van der Waals surface area contributed by atoms with E-state index in [2.05, 4.69) is 10.2 Å². The minimum atomic E-state index is -0.246. The number of benzene rings is 3. The van der Waals surface area contributed by atoms with Crippen LogP contribution in [0.3, 0.4) is 0 Å². The summed E-state index contributed by atoms with van der Waals surface area (Å²) in [7, 11) is 0. The van der Waals surface area contributed by atoms with Gasteiger partial charge < -0.3 is 9.80 Å². The summed E-state index contributed by atoms with van der Waals surface area (Å²) in [6.45, 7) is 4.24. The molecular weight excluding hydrogens is 532 g/mol.